The third-order valence-electron chi connectivity index (χ3n) is 4.51. The Balaban J connectivity index is 2.63. The molecule has 8 heteroatoms. The summed E-state index contributed by atoms with van der Waals surface area (Å²) in [5.41, 5.74) is -1.20. The minimum atomic E-state index is -2.09. The van der Waals surface area contributed by atoms with Crippen LogP contribution in [-0.2, 0) is 14.3 Å². The van der Waals surface area contributed by atoms with E-state index in [1.807, 2.05) is 6.07 Å². The fraction of sp³-hybridized carbons (Fsp3) is 0.273. The second kappa shape index (κ2) is 10.4. The molecule has 6 nitrogen and oxygen atoms in total. The number of Topliss-reactive ketones (excluding diaryl/α,β-unsaturated/α-hetero) is 1. The van der Waals surface area contributed by atoms with Crippen LogP contribution in [0.15, 0.2) is 53.0 Å². The predicted molar refractivity (Wildman–Crippen MR) is 116 cm³/mol. The first-order valence-corrected chi connectivity index (χ1v) is 10.3. The first kappa shape index (κ1) is 23.6. The number of carbonyl (C=O) groups excluding carboxylic acids is 3. The van der Waals surface area contributed by atoms with Gasteiger partial charge in [0.15, 0.2) is 5.78 Å². The number of nitriles is 1. The Morgan fingerprint density at radius 3 is 2.37 bits per heavy atom. The topological polar surface area (TPSA) is 96.3 Å². The summed E-state index contributed by atoms with van der Waals surface area (Å²) in [5, 5.41) is 13.0. The number of nitrogens with zero attached hydrogens (tertiary/aromatic N) is 1. The van der Waals surface area contributed by atoms with Crippen LogP contribution >= 0.6 is 27.5 Å². The van der Waals surface area contributed by atoms with Crippen molar-refractivity contribution >= 4 is 45.2 Å². The molecule has 2 rings (SSSR count). The number of rotatable bonds is 8. The van der Waals surface area contributed by atoms with Gasteiger partial charge >= 0.3 is 5.97 Å². The first-order chi connectivity index (χ1) is 14.2. The van der Waals surface area contributed by atoms with E-state index in [-0.39, 0.29) is 18.8 Å². The highest BCUT2D eigenvalue weighted by Crippen LogP contribution is 2.38. The van der Waals surface area contributed by atoms with Crippen LogP contribution in [0.3, 0.4) is 0 Å². The number of benzene rings is 2. The Morgan fingerprint density at radius 2 is 1.83 bits per heavy atom. The van der Waals surface area contributed by atoms with Gasteiger partial charge in [-0.2, -0.15) is 5.26 Å². The number of ether oxygens (including phenoxy) is 1. The molecule has 0 bridgehead atoms. The molecule has 0 fully saturated rings. The van der Waals surface area contributed by atoms with Crippen LogP contribution in [0.1, 0.15) is 42.1 Å². The fourth-order valence-electron chi connectivity index (χ4n) is 3.15. The lowest BCUT2D eigenvalue weighted by atomic mass is 9.76. The van der Waals surface area contributed by atoms with Crippen LogP contribution in [-0.4, -0.2) is 29.8 Å². The maximum atomic E-state index is 13.0. The van der Waals surface area contributed by atoms with Crippen LogP contribution in [0, 0.1) is 11.3 Å². The van der Waals surface area contributed by atoms with Crippen molar-refractivity contribution in [2.24, 2.45) is 0 Å². The molecule has 2 atom stereocenters. The maximum absolute atomic E-state index is 13.0. The highest BCUT2D eigenvalue weighted by Gasteiger charge is 2.50. The van der Waals surface area contributed by atoms with Gasteiger partial charge < -0.3 is 10.1 Å². The molecule has 1 N–H and O–H groups in total. The molecule has 2 unspecified atom stereocenters. The first-order valence-electron chi connectivity index (χ1n) is 9.15. The fourth-order valence-corrected chi connectivity index (χ4v) is 3.83. The van der Waals surface area contributed by atoms with Gasteiger partial charge in [0.1, 0.15) is 6.07 Å². The molecule has 156 valence electrons. The molecule has 0 radical (unpaired) electrons. The van der Waals surface area contributed by atoms with Crippen molar-refractivity contribution in [1.82, 2.24) is 5.32 Å². The summed E-state index contributed by atoms with van der Waals surface area (Å²) < 4.78 is 5.72. The molecule has 1 amide bonds. The van der Waals surface area contributed by atoms with Crippen molar-refractivity contribution in [1.29, 1.82) is 5.26 Å². The van der Waals surface area contributed by atoms with Crippen molar-refractivity contribution in [3.8, 4) is 6.07 Å². The van der Waals surface area contributed by atoms with Crippen LogP contribution in [0.4, 0.5) is 0 Å². The zero-order valence-electron chi connectivity index (χ0n) is 16.4. The second-order valence-corrected chi connectivity index (χ2v) is 7.82. The van der Waals surface area contributed by atoms with E-state index in [0.29, 0.717) is 20.6 Å². The Morgan fingerprint density at radius 1 is 1.20 bits per heavy atom. The molecule has 0 aliphatic carbocycles. The molecule has 0 heterocycles. The van der Waals surface area contributed by atoms with Gasteiger partial charge in [-0.3, -0.25) is 9.59 Å². The Hall–Kier alpha value is -2.69. The number of esters is 1. The van der Waals surface area contributed by atoms with Gasteiger partial charge in [0, 0.05) is 34.3 Å². The molecule has 0 aromatic heterocycles. The summed E-state index contributed by atoms with van der Waals surface area (Å²) in [4.78, 5) is 37.9. The lowest BCUT2D eigenvalue weighted by Crippen LogP contribution is -2.58. The summed E-state index contributed by atoms with van der Waals surface area (Å²) in [6.45, 7) is 2.80. The lowest BCUT2D eigenvalue weighted by Gasteiger charge is -2.33. The molecule has 0 spiro atoms. The molecule has 2 aromatic rings. The third kappa shape index (κ3) is 5.26. The van der Waals surface area contributed by atoms with E-state index in [4.69, 9.17) is 16.3 Å². The summed E-state index contributed by atoms with van der Waals surface area (Å²) in [5.74, 6) is -2.85. The Kier molecular flexibility index (Phi) is 8.16. The monoisotopic (exact) mass is 490 g/mol. The van der Waals surface area contributed by atoms with Gasteiger partial charge in [-0.25, -0.2) is 4.79 Å². The molecular weight excluding hydrogens is 472 g/mol. The molecule has 30 heavy (non-hydrogen) atoms. The van der Waals surface area contributed by atoms with Crippen LogP contribution < -0.4 is 5.32 Å². The van der Waals surface area contributed by atoms with E-state index in [9.17, 15) is 19.6 Å². The van der Waals surface area contributed by atoms with Gasteiger partial charge in [0.25, 0.3) is 0 Å². The minimum Gasteiger partial charge on any atom is -0.463 e. The zero-order chi connectivity index (χ0) is 22.3. The molecule has 0 saturated heterocycles. The summed E-state index contributed by atoms with van der Waals surface area (Å²) in [6.07, 6.45) is -0.225. The van der Waals surface area contributed by atoms with Crippen molar-refractivity contribution < 1.29 is 19.1 Å². The zero-order valence-corrected chi connectivity index (χ0v) is 18.8. The van der Waals surface area contributed by atoms with E-state index in [1.54, 1.807) is 55.5 Å². The van der Waals surface area contributed by atoms with Crippen LogP contribution in [0.2, 0.25) is 5.02 Å². The number of ketones is 1. The largest absolute Gasteiger partial charge is 0.463 e. The number of halogens is 2. The Bertz CT molecular complexity index is 987. The van der Waals surface area contributed by atoms with Gasteiger partial charge in [-0.1, -0.05) is 45.7 Å². The quantitative estimate of drug-likeness (QED) is 0.435. The SMILES string of the molecule is CCOC(=O)C(C#N)(NC(C)=O)C(CC(=O)c1ccc(Cl)cc1)c1ccccc1Br. The number of carbonyl (C=O) groups is 3. The molecule has 0 aliphatic heterocycles. The molecule has 0 aliphatic rings. The average Bonchev–Trinajstić information content (AvgIpc) is 2.71. The van der Waals surface area contributed by atoms with Crippen molar-refractivity contribution in [2.75, 3.05) is 6.61 Å². The second-order valence-electron chi connectivity index (χ2n) is 6.53. The van der Waals surface area contributed by atoms with Crippen molar-refractivity contribution in [3.05, 3.63) is 69.2 Å². The van der Waals surface area contributed by atoms with Gasteiger partial charge in [-0.15, -0.1) is 0 Å². The van der Waals surface area contributed by atoms with E-state index in [2.05, 4.69) is 21.2 Å². The maximum Gasteiger partial charge on any atom is 0.347 e. The summed E-state index contributed by atoms with van der Waals surface area (Å²) >= 11 is 9.32. The highest BCUT2D eigenvalue weighted by molar-refractivity contribution is 9.10. The van der Waals surface area contributed by atoms with E-state index < -0.39 is 23.3 Å². The Labute approximate surface area is 188 Å². The molecule has 2 aromatic carbocycles. The number of hydrogen-bond acceptors (Lipinski definition) is 5. The average molecular weight is 492 g/mol. The summed E-state index contributed by atoms with van der Waals surface area (Å²) in [7, 11) is 0. The smallest absolute Gasteiger partial charge is 0.347 e. The lowest BCUT2D eigenvalue weighted by molar-refractivity contribution is -0.151. The van der Waals surface area contributed by atoms with Gasteiger partial charge in [0.2, 0.25) is 11.4 Å². The van der Waals surface area contributed by atoms with E-state index >= 15 is 0 Å². The predicted octanol–water partition coefficient (Wildman–Crippen LogP) is 4.42. The van der Waals surface area contributed by atoms with Gasteiger partial charge in [-0.05, 0) is 42.8 Å². The van der Waals surface area contributed by atoms with Crippen LogP contribution in [0.25, 0.3) is 0 Å². The normalized spacial score (nSPS) is 13.4. The highest BCUT2D eigenvalue weighted by atomic mass is 79.9. The molecule has 0 saturated carbocycles. The third-order valence-corrected chi connectivity index (χ3v) is 5.48. The standard InChI is InChI=1S/C22H20BrClN2O4/c1-3-30-21(29)22(13-25,26-14(2)27)18(17-6-4-5-7-19(17)23)12-20(28)15-8-10-16(24)11-9-15/h4-11,18H,3,12H2,1-2H3,(H,26,27). The number of hydrogen-bond donors (Lipinski definition) is 1. The van der Waals surface area contributed by atoms with Crippen molar-refractivity contribution in [2.45, 2.75) is 31.7 Å². The van der Waals surface area contributed by atoms with Crippen molar-refractivity contribution in [3.63, 3.8) is 0 Å². The molecular formula is C22H20BrClN2O4. The minimum absolute atomic E-state index is 0.00958. The van der Waals surface area contributed by atoms with E-state index in [0.717, 1.165) is 0 Å². The summed E-state index contributed by atoms with van der Waals surface area (Å²) in [6, 6.07) is 15.1. The van der Waals surface area contributed by atoms with Gasteiger partial charge in [0.05, 0.1) is 6.61 Å². The van der Waals surface area contributed by atoms with E-state index in [1.165, 1.54) is 6.92 Å². The number of amides is 1. The van der Waals surface area contributed by atoms with Crippen LogP contribution in [0.5, 0.6) is 0 Å². The number of nitrogens with one attached hydrogen (secondary N) is 1.